The lowest BCUT2D eigenvalue weighted by Gasteiger charge is -2.14. The quantitative estimate of drug-likeness (QED) is 0.465. The average Bonchev–Trinajstić information content (AvgIpc) is 3.13. The van der Waals surface area contributed by atoms with Gasteiger partial charge in [-0.25, -0.2) is 4.98 Å². The lowest BCUT2D eigenvalue weighted by Crippen LogP contribution is -2.26. The summed E-state index contributed by atoms with van der Waals surface area (Å²) in [5.74, 6) is 2.98. The lowest BCUT2D eigenvalue weighted by molar-refractivity contribution is -0.120. The zero-order chi connectivity index (χ0) is 22.2. The van der Waals surface area contributed by atoms with Crippen molar-refractivity contribution in [2.24, 2.45) is 5.92 Å². The van der Waals surface area contributed by atoms with E-state index in [1.165, 1.54) is 5.52 Å². The number of rotatable bonds is 11. The first-order valence-electron chi connectivity index (χ1n) is 11.0. The Morgan fingerprint density at radius 3 is 2.65 bits per heavy atom. The Morgan fingerprint density at radius 1 is 1.13 bits per heavy atom. The van der Waals surface area contributed by atoms with Gasteiger partial charge in [0.05, 0.1) is 31.7 Å². The Labute approximate surface area is 184 Å². The van der Waals surface area contributed by atoms with Crippen LogP contribution in [0.1, 0.15) is 38.1 Å². The number of para-hydroxylation sites is 2. The van der Waals surface area contributed by atoms with E-state index in [1.807, 2.05) is 24.3 Å². The van der Waals surface area contributed by atoms with Gasteiger partial charge in [0, 0.05) is 19.5 Å². The van der Waals surface area contributed by atoms with Crippen molar-refractivity contribution in [3.63, 3.8) is 0 Å². The molecule has 1 amide bonds. The molecule has 0 saturated carbocycles. The number of benzene rings is 2. The number of aromatic nitrogens is 2. The predicted molar refractivity (Wildman–Crippen MR) is 124 cm³/mol. The van der Waals surface area contributed by atoms with Gasteiger partial charge in [-0.2, -0.15) is 0 Å². The minimum atomic E-state index is 0.000304. The summed E-state index contributed by atoms with van der Waals surface area (Å²) in [5.41, 5.74) is 3.12. The van der Waals surface area contributed by atoms with E-state index >= 15 is 0 Å². The van der Waals surface area contributed by atoms with E-state index in [9.17, 15) is 4.79 Å². The molecule has 0 saturated heterocycles. The molecule has 166 valence electrons. The third kappa shape index (κ3) is 5.78. The second kappa shape index (κ2) is 10.8. The number of aryl methyl sites for hydroxylation is 1. The van der Waals surface area contributed by atoms with Crippen molar-refractivity contribution in [2.75, 3.05) is 20.8 Å². The van der Waals surface area contributed by atoms with E-state index in [1.54, 1.807) is 14.2 Å². The number of nitrogens with one attached hydrogen (secondary N) is 1. The van der Waals surface area contributed by atoms with Gasteiger partial charge in [0.15, 0.2) is 11.5 Å². The molecule has 0 fully saturated rings. The summed E-state index contributed by atoms with van der Waals surface area (Å²) >= 11 is 0. The summed E-state index contributed by atoms with van der Waals surface area (Å²) in [6.07, 6.45) is 3.13. The van der Waals surface area contributed by atoms with Gasteiger partial charge in [-0.15, -0.1) is 0 Å². The molecule has 31 heavy (non-hydrogen) atoms. The number of carbonyl (C=O) groups excluding carboxylic acids is 1. The SMILES string of the molecule is CCC(C)Cn1c(CCCNC(=O)Cc2ccc(OC)c(OC)c2)nc2ccccc21. The highest BCUT2D eigenvalue weighted by Crippen LogP contribution is 2.27. The van der Waals surface area contributed by atoms with E-state index in [0.717, 1.165) is 42.7 Å². The molecule has 6 heteroatoms. The smallest absolute Gasteiger partial charge is 0.224 e. The van der Waals surface area contributed by atoms with Crippen molar-refractivity contribution in [1.82, 2.24) is 14.9 Å². The molecule has 0 radical (unpaired) electrons. The topological polar surface area (TPSA) is 65.4 Å². The Morgan fingerprint density at radius 2 is 1.90 bits per heavy atom. The molecule has 2 aromatic carbocycles. The van der Waals surface area contributed by atoms with E-state index in [2.05, 4.69) is 41.9 Å². The van der Waals surface area contributed by atoms with Crippen molar-refractivity contribution in [1.29, 1.82) is 0 Å². The van der Waals surface area contributed by atoms with Gasteiger partial charge in [-0.05, 0) is 42.2 Å². The van der Waals surface area contributed by atoms with Gasteiger partial charge in [-0.3, -0.25) is 4.79 Å². The third-order valence-corrected chi connectivity index (χ3v) is 5.64. The number of amides is 1. The fourth-order valence-corrected chi connectivity index (χ4v) is 3.67. The number of fused-ring (bicyclic) bond motifs is 1. The maximum Gasteiger partial charge on any atom is 0.224 e. The molecule has 1 aromatic heterocycles. The van der Waals surface area contributed by atoms with Gasteiger partial charge >= 0.3 is 0 Å². The number of imidazole rings is 1. The molecule has 0 aliphatic heterocycles. The number of ether oxygens (including phenoxy) is 2. The van der Waals surface area contributed by atoms with Gasteiger partial charge < -0.3 is 19.4 Å². The standard InChI is InChI=1S/C25H33N3O3/c1-5-18(2)17-28-21-10-7-6-9-20(21)27-24(28)11-8-14-26-25(29)16-19-12-13-22(30-3)23(15-19)31-4/h6-7,9-10,12-13,15,18H,5,8,11,14,16-17H2,1-4H3,(H,26,29). The average molecular weight is 424 g/mol. The Balaban J connectivity index is 1.55. The summed E-state index contributed by atoms with van der Waals surface area (Å²) in [6, 6.07) is 13.9. The summed E-state index contributed by atoms with van der Waals surface area (Å²) in [6.45, 7) is 6.08. The van der Waals surface area contributed by atoms with Crippen molar-refractivity contribution in [3.05, 3.63) is 53.9 Å². The predicted octanol–water partition coefficient (Wildman–Crippen LogP) is 4.39. The Kier molecular flexibility index (Phi) is 7.93. The molecule has 0 bridgehead atoms. The number of hydrogen-bond donors (Lipinski definition) is 1. The van der Waals surface area contributed by atoms with Crippen molar-refractivity contribution in [3.8, 4) is 11.5 Å². The van der Waals surface area contributed by atoms with Gasteiger partial charge in [0.2, 0.25) is 5.91 Å². The van der Waals surface area contributed by atoms with E-state index in [0.29, 0.717) is 30.4 Å². The van der Waals surface area contributed by atoms with Crippen LogP contribution in [0, 0.1) is 5.92 Å². The van der Waals surface area contributed by atoms with Crippen molar-refractivity contribution >= 4 is 16.9 Å². The van der Waals surface area contributed by atoms with Crippen LogP contribution in [0.3, 0.4) is 0 Å². The highest BCUT2D eigenvalue weighted by Gasteiger charge is 2.13. The normalized spacial score (nSPS) is 12.0. The molecule has 0 aliphatic carbocycles. The first kappa shape index (κ1) is 22.7. The highest BCUT2D eigenvalue weighted by atomic mass is 16.5. The molecule has 1 heterocycles. The molecule has 6 nitrogen and oxygen atoms in total. The van der Waals surface area contributed by atoms with E-state index in [4.69, 9.17) is 14.5 Å². The molecular formula is C25H33N3O3. The van der Waals surface area contributed by atoms with Gasteiger partial charge in [0.1, 0.15) is 5.82 Å². The maximum atomic E-state index is 12.4. The molecule has 0 spiro atoms. The molecule has 3 rings (SSSR count). The van der Waals surface area contributed by atoms with Gasteiger partial charge in [0.25, 0.3) is 0 Å². The Bertz CT molecular complexity index is 1010. The number of hydrogen-bond acceptors (Lipinski definition) is 4. The van der Waals surface area contributed by atoms with Crippen LogP contribution in [0.4, 0.5) is 0 Å². The zero-order valence-electron chi connectivity index (χ0n) is 19.0. The molecular weight excluding hydrogens is 390 g/mol. The van der Waals surface area contributed by atoms with E-state index in [-0.39, 0.29) is 5.91 Å². The second-order valence-electron chi connectivity index (χ2n) is 7.96. The molecule has 1 atom stereocenters. The first-order chi connectivity index (χ1) is 15.0. The van der Waals surface area contributed by atoms with Crippen LogP contribution in [0.15, 0.2) is 42.5 Å². The van der Waals surface area contributed by atoms with E-state index < -0.39 is 0 Å². The molecule has 1 N–H and O–H groups in total. The maximum absolute atomic E-state index is 12.4. The van der Waals surface area contributed by atoms with Crippen LogP contribution in [-0.2, 0) is 24.2 Å². The number of carbonyl (C=O) groups is 1. The number of methoxy groups -OCH3 is 2. The minimum absolute atomic E-state index is 0.000304. The molecule has 0 aliphatic rings. The van der Waals surface area contributed by atoms with Crippen LogP contribution < -0.4 is 14.8 Å². The van der Waals surface area contributed by atoms with Crippen LogP contribution >= 0.6 is 0 Å². The summed E-state index contributed by atoms with van der Waals surface area (Å²) in [4.78, 5) is 17.2. The molecule has 1 unspecified atom stereocenters. The summed E-state index contributed by atoms with van der Waals surface area (Å²) in [7, 11) is 3.19. The third-order valence-electron chi connectivity index (χ3n) is 5.64. The Hall–Kier alpha value is -3.02. The summed E-state index contributed by atoms with van der Waals surface area (Å²) < 4.78 is 12.9. The van der Waals surface area contributed by atoms with Crippen molar-refractivity contribution in [2.45, 2.75) is 46.1 Å². The van der Waals surface area contributed by atoms with Gasteiger partial charge in [-0.1, -0.05) is 38.5 Å². The minimum Gasteiger partial charge on any atom is -0.493 e. The fourth-order valence-electron chi connectivity index (χ4n) is 3.67. The zero-order valence-corrected chi connectivity index (χ0v) is 19.0. The second-order valence-corrected chi connectivity index (χ2v) is 7.96. The molecule has 3 aromatic rings. The fraction of sp³-hybridized carbons (Fsp3) is 0.440. The number of nitrogens with zero attached hydrogens (tertiary/aromatic N) is 2. The van der Waals surface area contributed by atoms with Crippen molar-refractivity contribution < 1.29 is 14.3 Å². The van der Waals surface area contributed by atoms with Crippen LogP contribution in [0.5, 0.6) is 11.5 Å². The van der Waals surface area contributed by atoms with Crippen LogP contribution in [-0.4, -0.2) is 36.2 Å². The first-order valence-corrected chi connectivity index (χ1v) is 11.0. The highest BCUT2D eigenvalue weighted by molar-refractivity contribution is 5.78. The monoisotopic (exact) mass is 423 g/mol. The summed E-state index contributed by atoms with van der Waals surface area (Å²) in [5, 5.41) is 3.02. The van der Waals surface area contributed by atoms with Crippen LogP contribution in [0.25, 0.3) is 11.0 Å². The lowest BCUT2D eigenvalue weighted by atomic mass is 10.1. The largest absolute Gasteiger partial charge is 0.493 e. The van der Waals surface area contributed by atoms with Crippen LogP contribution in [0.2, 0.25) is 0 Å².